The average Bonchev–Trinajstić information content (AvgIpc) is 3.07. The Morgan fingerprint density at radius 2 is 1.89 bits per heavy atom. The number of aromatic nitrogens is 1. The molecule has 0 saturated carbocycles. The lowest BCUT2D eigenvalue weighted by Crippen LogP contribution is -2.39. The van der Waals surface area contributed by atoms with E-state index >= 15 is 0 Å². The summed E-state index contributed by atoms with van der Waals surface area (Å²) >= 11 is 3.88. The number of hydrogen-bond donors (Lipinski definition) is 1. The number of benzene rings is 2. The van der Waals surface area contributed by atoms with E-state index in [-0.39, 0.29) is 0 Å². The van der Waals surface area contributed by atoms with Gasteiger partial charge in [0.2, 0.25) is 0 Å². The van der Waals surface area contributed by atoms with Gasteiger partial charge in [-0.05, 0) is 61.3 Å². The number of nitrogens with one attached hydrogen (secondary N) is 1. The third-order valence-electron chi connectivity index (χ3n) is 6.04. The van der Waals surface area contributed by atoms with Crippen molar-refractivity contribution in [2.45, 2.75) is 39.2 Å². The number of H-pyrrole nitrogens is 1. The van der Waals surface area contributed by atoms with Gasteiger partial charge >= 0.3 is 0 Å². The Hall–Kier alpha value is -1.78. The van der Waals surface area contributed by atoms with Gasteiger partial charge in [0, 0.05) is 35.6 Å². The molecule has 0 saturated heterocycles. The summed E-state index contributed by atoms with van der Waals surface area (Å²) in [5, 5.41) is 2.72. The van der Waals surface area contributed by atoms with Gasteiger partial charge in [-0.2, -0.15) is 0 Å². The number of hydrogen-bond acceptors (Lipinski definition) is 2. The molecular weight excluding hydrogens is 398 g/mol. The zero-order chi connectivity index (χ0) is 19.1. The Kier molecular flexibility index (Phi) is 5.04. The minimum Gasteiger partial charge on any atom is -0.371 e. The van der Waals surface area contributed by atoms with Crippen molar-refractivity contribution in [2.75, 3.05) is 19.6 Å². The molecule has 1 aliphatic heterocycles. The van der Waals surface area contributed by atoms with E-state index in [4.69, 9.17) is 0 Å². The molecule has 0 radical (unpaired) electrons. The third kappa shape index (κ3) is 3.09. The number of para-hydroxylation sites is 1. The predicted octanol–water partition coefficient (Wildman–Crippen LogP) is 5.79. The number of halogens is 1. The molecule has 2 heterocycles. The number of aryl methyl sites for hydroxylation is 2. The first-order valence-electron chi connectivity index (χ1n) is 9.87. The van der Waals surface area contributed by atoms with Crippen molar-refractivity contribution in [3.8, 4) is 0 Å². The molecule has 1 N–H and O–H groups in total. The van der Waals surface area contributed by atoms with Gasteiger partial charge in [0.25, 0.3) is 0 Å². The number of fused-ring (bicyclic) bond motifs is 4. The second kappa shape index (κ2) is 7.33. The molecule has 1 unspecified atom stereocenters. The van der Waals surface area contributed by atoms with Gasteiger partial charge in [0.15, 0.2) is 0 Å². The maximum Gasteiger partial charge on any atom is 0.0832 e. The predicted molar refractivity (Wildman–Crippen MR) is 120 cm³/mol. The first-order chi connectivity index (χ1) is 13.0. The normalized spacial score (nSPS) is 15.1. The van der Waals surface area contributed by atoms with Crippen LogP contribution >= 0.6 is 15.9 Å². The molecule has 4 rings (SSSR count). The molecule has 0 bridgehead atoms. The summed E-state index contributed by atoms with van der Waals surface area (Å²) in [5.74, 6) is 0. The highest BCUT2D eigenvalue weighted by molar-refractivity contribution is 9.09. The van der Waals surface area contributed by atoms with Crippen LogP contribution in [0.25, 0.3) is 27.9 Å². The highest BCUT2D eigenvalue weighted by Gasteiger charge is 2.22. The maximum absolute atomic E-state index is 3.88. The third-order valence-corrected chi connectivity index (χ3v) is 6.91. The minimum absolute atomic E-state index is 0.372. The number of rotatable bonds is 5. The zero-order valence-corrected chi connectivity index (χ0v) is 18.2. The number of aromatic amines is 1. The fourth-order valence-electron chi connectivity index (χ4n) is 4.45. The van der Waals surface area contributed by atoms with Crippen LogP contribution in [0, 0.1) is 13.8 Å². The largest absolute Gasteiger partial charge is 0.371 e. The van der Waals surface area contributed by atoms with E-state index in [1.54, 1.807) is 0 Å². The molecule has 0 fully saturated rings. The molecule has 0 aliphatic carbocycles. The van der Waals surface area contributed by atoms with E-state index in [2.05, 4.69) is 95.0 Å². The Bertz CT molecular complexity index is 1010. The lowest BCUT2D eigenvalue weighted by Gasteiger charge is -2.33. The summed E-state index contributed by atoms with van der Waals surface area (Å²) in [4.78, 5) is 8.91. The van der Waals surface area contributed by atoms with Crippen LogP contribution in [-0.2, 0) is 6.54 Å². The van der Waals surface area contributed by atoms with Crippen LogP contribution in [0.3, 0.4) is 0 Å². The zero-order valence-electron chi connectivity index (χ0n) is 16.6. The summed E-state index contributed by atoms with van der Waals surface area (Å²) in [7, 11) is 0. The number of likely N-dealkylation sites (N-methyl/N-ethyl adjacent to an activating group) is 1. The summed E-state index contributed by atoms with van der Waals surface area (Å²) in [6.07, 6.45) is 4.56. The van der Waals surface area contributed by atoms with Crippen molar-refractivity contribution in [3.63, 3.8) is 0 Å². The van der Waals surface area contributed by atoms with E-state index in [9.17, 15) is 0 Å². The Balaban J connectivity index is 1.75. The Morgan fingerprint density at radius 1 is 1.15 bits per heavy atom. The van der Waals surface area contributed by atoms with Crippen LogP contribution in [0.2, 0.25) is 0 Å². The fraction of sp³-hybridized carbons (Fsp3) is 0.391. The van der Waals surface area contributed by atoms with Gasteiger partial charge in [-0.15, -0.1) is 0 Å². The molecule has 2 aromatic carbocycles. The fourth-order valence-corrected chi connectivity index (χ4v) is 5.40. The molecule has 142 valence electrons. The average molecular weight is 426 g/mol. The first-order valence-corrected chi connectivity index (χ1v) is 10.8. The van der Waals surface area contributed by atoms with Crippen LogP contribution in [-0.4, -0.2) is 39.4 Å². The Morgan fingerprint density at radius 3 is 2.63 bits per heavy atom. The Labute approximate surface area is 170 Å². The SMILES string of the molecule is CCN(CC)C(Br)CN1C=Cc2c(c(C)c3c([nH]c4ccccc43)c2C)C1. The first kappa shape index (κ1) is 18.6. The molecule has 3 nitrogen and oxygen atoms in total. The molecule has 3 aromatic rings. The van der Waals surface area contributed by atoms with Crippen molar-refractivity contribution >= 4 is 43.8 Å². The van der Waals surface area contributed by atoms with E-state index < -0.39 is 0 Å². The summed E-state index contributed by atoms with van der Waals surface area (Å²) < 4.78 is 0. The highest BCUT2D eigenvalue weighted by Crippen LogP contribution is 2.37. The van der Waals surface area contributed by atoms with Crippen molar-refractivity contribution in [2.24, 2.45) is 0 Å². The topological polar surface area (TPSA) is 22.3 Å². The van der Waals surface area contributed by atoms with Crippen molar-refractivity contribution < 1.29 is 0 Å². The van der Waals surface area contributed by atoms with Crippen LogP contribution in [0.1, 0.15) is 36.1 Å². The van der Waals surface area contributed by atoms with Gasteiger partial charge < -0.3 is 9.88 Å². The quantitative estimate of drug-likeness (QED) is 0.412. The smallest absolute Gasteiger partial charge is 0.0832 e. The molecule has 1 aliphatic rings. The molecular formula is C23H28BrN3. The van der Waals surface area contributed by atoms with Crippen molar-refractivity contribution in [3.05, 3.63) is 52.7 Å². The van der Waals surface area contributed by atoms with E-state index in [1.165, 1.54) is 44.1 Å². The minimum atomic E-state index is 0.372. The molecule has 1 atom stereocenters. The summed E-state index contributed by atoms with van der Waals surface area (Å²) in [6, 6.07) is 8.65. The molecule has 27 heavy (non-hydrogen) atoms. The van der Waals surface area contributed by atoms with Gasteiger partial charge in [-0.3, -0.25) is 4.90 Å². The van der Waals surface area contributed by atoms with Gasteiger partial charge in [-0.25, -0.2) is 0 Å². The molecule has 1 aromatic heterocycles. The van der Waals surface area contributed by atoms with Crippen LogP contribution < -0.4 is 0 Å². The van der Waals surface area contributed by atoms with Crippen LogP contribution in [0.15, 0.2) is 30.5 Å². The lowest BCUT2D eigenvalue weighted by molar-refractivity contribution is 0.233. The maximum atomic E-state index is 3.88. The molecule has 0 amide bonds. The van der Waals surface area contributed by atoms with E-state index in [0.29, 0.717) is 4.95 Å². The lowest BCUT2D eigenvalue weighted by atomic mass is 9.90. The summed E-state index contributed by atoms with van der Waals surface area (Å²) in [6.45, 7) is 13.1. The second-order valence-corrected chi connectivity index (χ2v) is 8.52. The van der Waals surface area contributed by atoms with Gasteiger partial charge in [0.05, 0.1) is 10.5 Å². The highest BCUT2D eigenvalue weighted by atomic mass is 79.9. The van der Waals surface area contributed by atoms with Crippen LogP contribution in [0.5, 0.6) is 0 Å². The van der Waals surface area contributed by atoms with Crippen molar-refractivity contribution in [1.29, 1.82) is 0 Å². The monoisotopic (exact) mass is 425 g/mol. The second-order valence-electron chi connectivity index (χ2n) is 7.46. The van der Waals surface area contributed by atoms with Gasteiger partial charge in [-0.1, -0.05) is 48.0 Å². The molecule has 0 spiro atoms. The number of nitrogens with zero attached hydrogens (tertiary/aromatic N) is 2. The van der Waals surface area contributed by atoms with Crippen molar-refractivity contribution in [1.82, 2.24) is 14.8 Å². The van der Waals surface area contributed by atoms with Crippen LogP contribution in [0.4, 0.5) is 0 Å². The van der Waals surface area contributed by atoms with E-state index in [1.807, 2.05) is 0 Å². The summed E-state index contributed by atoms with van der Waals surface area (Å²) in [5.41, 5.74) is 8.13. The van der Waals surface area contributed by atoms with E-state index in [0.717, 1.165) is 26.2 Å². The number of alkyl halides is 1. The standard InChI is InChI=1S/C23H28BrN3/c1-5-27(6-2)21(24)14-26-12-11-17-16(4)23-22(15(3)19(17)13-26)18-9-7-8-10-20(18)25-23/h7-12,21,25H,5-6,13-14H2,1-4H3. The molecule has 4 heteroatoms. The van der Waals surface area contributed by atoms with Gasteiger partial charge in [0.1, 0.15) is 0 Å².